The van der Waals surface area contributed by atoms with Crippen molar-refractivity contribution in [2.45, 2.75) is 18.8 Å². The van der Waals surface area contributed by atoms with Crippen molar-refractivity contribution in [3.63, 3.8) is 0 Å². The summed E-state index contributed by atoms with van der Waals surface area (Å²) in [6, 6.07) is 1.96. The van der Waals surface area contributed by atoms with Crippen molar-refractivity contribution in [2.75, 3.05) is 37.4 Å². The SMILES string of the molecule is NCCNc1cc(C2CCOCC2)nc(N)n1. The maximum atomic E-state index is 5.71. The average Bonchev–Trinajstić information content (AvgIpc) is 2.37. The van der Waals surface area contributed by atoms with Gasteiger partial charge in [0.25, 0.3) is 0 Å². The van der Waals surface area contributed by atoms with Crippen molar-refractivity contribution < 1.29 is 4.74 Å². The average molecular weight is 237 g/mol. The lowest BCUT2D eigenvalue weighted by Gasteiger charge is -2.22. The molecular formula is C11H19N5O. The maximum Gasteiger partial charge on any atom is 0.222 e. The molecule has 1 aromatic heterocycles. The van der Waals surface area contributed by atoms with Crippen molar-refractivity contribution >= 4 is 11.8 Å². The van der Waals surface area contributed by atoms with E-state index in [0.717, 1.165) is 37.6 Å². The number of rotatable bonds is 4. The molecule has 1 aliphatic heterocycles. The minimum atomic E-state index is 0.313. The number of ether oxygens (including phenoxy) is 1. The number of nitrogen functional groups attached to an aromatic ring is 1. The first kappa shape index (κ1) is 12.1. The maximum absolute atomic E-state index is 5.71. The van der Waals surface area contributed by atoms with Crippen LogP contribution in [-0.2, 0) is 4.74 Å². The predicted octanol–water partition coefficient (Wildman–Crippen LogP) is 0.323. The molecule has 1 aliphatic rings. The molecule has 1 aromatic rings. The summed E-state index contributed by atoms with van der Waals surface area (Å²) in [5.74, 6) is 1.49. The summed E-state index contributed by atoms with van der Waals surface area (Å²) >= 11 is 0. The molecule has 0 saturated carbocycles. The van der Waals surface area contributed by atoms with E-state index in [2.05, 4.69) is 15.3 Å². The second-order valence-electron chi connectivity index (χ2n) is 4.14. The van der Waals surface area contributed by atoms with Crippen molar-refractivity contribution in [1.82, 2.24) is 9.97 Å². The minimum absolute atomic E-state index is 0.313. The third-order valence-corrected chi connectivity index (χ3v) is 2.85. The summed E-state index contributed by atoms with van der Waals surface area (Å²) in [5.41, 5.74) is 12.2. The van der Waals surface area contributed by atoms with E-state index in [4.69, 9.17) is 16.2 Å². The summed E-state index contributed by atoms with van der Waals surface area (Å²) < 4.78 is 5.34. The Kier molecular flexibility index (Phi) is 4.11. The Bertz CT molecular complexity index is 365. The van der Waals surface area contributed by atoms with Gasteiger partial charge in [0.2, 0.25) is 5.95 Å². The van der Waals surface area contributed by atoms with E-state index in [-0.39, 0.29) is 0 Å². The molecule has 0 atom stereocenters. The molecule has 0 radical (unpaired) electrons. The summed E-state index contributed by atoms with van der Waals surface area (Å²) in [6.45, 7) is 2.83. The van der Waals surface area contributed by atoms with Gasteiger partial charge < -0.3 is 21.5 Å². The van der Waals surface area contributed by atoms with E-state index in [1.807, 2.05) is 6.07 Å². The highest BCUT2D eigenvalue weighted by atomic mass is 16.5. The van der Waals surface area contributed by atoms with Gasteiger partial charge in [0.1, 0.15) is 5.82 Å². The monoisotopic (exact) mass is 237 g/mol. The number of nitrogens with zero attached hydrogens (tertiary/aromatic N) is 2. The standard InChI is InChI=1S/C11H19N5O/c12-3-4-14-10-7-9(15-11(13)16-10)8-1-5-17-6-2-8/h7-8H,1-6,12H2,(H3,13,14,15,16). The third kappa shape index (κ3) is 3.28. The first-order valence-electron chi connectivity index (χ1n) is 5.95. The van der Waals surface area contributed by atoms with Crippen LogP contribution in [0.15, 0.2) is 6.07 Å². The molecule has 1 fully saturated rings. The van der Waals surface area contributed by atoms with Crippen molar-refractivity contribution in [1.29, 1.82) is 0 Å². The van der Waals surface area contributed by atoms with Crippen LogP contribution >= 0.6 is 0 Å². The van der Waals surface area contributed by atoms with E-state index in [1.54, 1.807) is 0 Å². The van der Waals surface area contributed by atoms with Crippen LogP contribution in [0.2, 0.25) is 0 Å². The second kappa shape index (κ2) is 5.79. The van der Waals surface area contributed by atoms with Gasteiger partial charge in [0.05, 0.1) is 5.69 Å². The number of anilines is 2. The zero-order chi connectivity index (χ0) is 12.1. The van der Waals surface area contributed by atoms with Gasteiger partial charge in [-0.2, -0.15) is 4.98 Å². The molecule has 6 nitrogen and oxygen atoms in total. The van der Waals surface area contributed by atoms with Crippen LogP contribution in [0.3, 0.4) is 0 Å². The summed E-state index contributed by atoms with van der Waals surface area (Å²) in [6.07, 6.45) is 1.99. The number of nitrogens with one attached hydrogen (secondary N) is 1. The minimum Gasteiger partial charge on any atom is -0.381 e. The molecule has 0 aromatic carbocycles. The lowest BCUT2D eigenvalue weighted by Crippen LogP contribution is -2.18. The van der Waals surface area contributed by atoms with Crippen molar-refractivity contribution in [3.8, 4) is 0 Å². The highest BCUT2D eigenvalue weighted by Crippen LogP contribution is 2.26. The third-order valence-electron chi connectivity index (χ3n) is 2.85. The first-order valence-corrected chi connectivity index (χ1v) is 5.95. The van der Waals surface area contributed by atoms with Gasteiger partial charge in [0, 0.05) is 38.3 Å². The number of hydrogen-bond donors (Lipinski definition) is 3. The largest absolute Gasteiger partial charge is 0.381 e. The molecule has 94 valence electrons. The Morgan fingerprint density at radius 1 is 1.35 bits per heavy atom. The Morgan fingerprint density at radius 2 is 2.12 bits per heavy atom. The van der Waals surface area contributed by atoms with Crippen LogP contribution in [0.4, 0.5) is 11.8 Å². The van der Waals surface area contributed by atoms with Gasteiger partial charge >= 0.3 is 0 Å². The number of aromatic nitrogens is 2. The van der Waals surface area contributed by atoms with Crippen molar-refractivity contribution in [3.05, 3.63) is 11.8 Å². The zero-order valence-electron chi connectivity index (χ0n) is 9.85. The van der Waals surface area contributed by atoms with Crippen LogP contribution in [-0.4, -0.2) is 36.3 Å². The zero-order valence-corrected chi connectivity index (χ0v) is 9.85. The second-order valence-corrected chi connectivity index (χ2v) is 4.14. The van der Waals surface area contributed by atoms with Crippen LogP contribution in [0.25, 0.3) is 0 Å². The van der Waals surface area contributed by atoms with E-state index >= 15 is 0 Å². The fraction of sp³-hybridized carbons (Fsp3) is 0.636. The molecule has 1 saturated heterocycles. The Morgan fingerprint density at radius 3 is 2.82 bits per heavy atom. The van der Waals surface area contributed by atoms with Gasteiger partial charge in [-0.25, -0.2) is 4.98 Å². The molecule has 6 heteroatoms. The van der Waals surface area contributed by atoms with Crippen LogP contribution in [0.1, 0.15) is 24.5 Å². The lowest BCUT2D eigenvalue weighted by molar-refractivity contribution is 0.0845. The fourth-order valence-corrected chi connectivity index (χ4v) is 1.98. The van der Waals surface area contributed by atoms with Gasteiger partial charge in [-0.15, -0.1) is 0 Å². The summed E-state index contributed by atoms with van der Waals surface area (Å²) in [5, 5.41) is 3.13. The Labute approximate surface area is 101 Å². The van der Waals surface area contributed by atoms with Gasteiger partial charge in [-0.3, -0.25) is 0 Å². The Balaban J connectivity index is 2.12. The van der Waals surface area contributed by atoms with Gasteiger partial charge in [-0.1, -0.05) is 0 Å². The summed E-state index contributed by atoms with van der Waals surface area (Å²) in [4.78, 5) is 8.44. The quantitative estimate of drug-likeness (QED) is 0.697. The van der Waals surface area contributed by atoms with Crippen LogP contribution in [0, 0.1) is 0 Å². The van der Waals surface area contributed by atoms with Gasteiger partial charge in [-0.05, 0) is 12.8 Å². The molecule has 2 rings (SSSR count). The fourth-order valence-electron chi connectivity index (χ4n) is 1.98. The molecule has 0 aliphatic carbocycles. The summed E-state index contributed by atoms with van der Waals surface area (Å²) in [7, 11) is 0. The van der Waals surface area contributed by atoms with Gasteiger partial charge in [0.15, 0.2) is 0 Å². The molecule has 0 bridgehead atoms. The smallest absolute Gasteiger partial charge is 0.222 e. The van der Waals surface area contributed by atoms with Crippen LogP contribution < -0.4 is 16.8 Å². The van der Waals surface area contributed by atoms with E-state index < -0.39 is 0 Å². The van der Waals surface area contributed by atoms with E-state index in [0.29, 0.717) is 25.0 Å². The number of nitrogens with two attached hydrogens (primary N) is 2. The van der Waals surface area contributed by atoms with E-state index in [1.165, 1.54) is 0 Å². The first-order chi connectivity index (χ1) is 8.29. The molecule has 2 heterocycles. The molecule has 0 unspecified atom stereocenters. The Hall–Kier alpha value is -1.40. The predicted molar refractivity (Wildman–Crippen MR) is 66.8 cm³/mol. The molecule has 5 N–H and O–H groups in total. The molecule has 0 spiro atoms. The molecular weight excluding hydrogens is 218 g/mol. The number of hydrogen-bond acceptors (Lipinski definition) is 6. The highest BCUT2D eigenvalue weighted by Gasteiger charge is 2.18. The highest BCUT2D eigenvalue weighted by molar-refractivity contribution is 5.41. The molecule has 17 heavy (non-hydrogen) atoms. The normalized spacial score (nSPS) is 17.0. The van der Waals surface area contributed by atoms with Crippen LogP contribution in [0.5, 0.6) is 0 Å². The van der Waals surface area contributed by atoms with Crippen molar-refractivity contribution in [2.24, 2.45) is 5.73 Å². The lowest BCUT2D eigenvalue weighted by atomic mass is 9.96. The topological polar surface area (TPSA) is 99.1 Å². The molecule has 0 amide bonds. The van der Waals surface area contributed by atoms with E-state index in [9.17, 15) is 0 Å².